The SMILES string of the molecule is CC(=O)O[C@@H](C)C(=O)N(C[C@@H]1CN(C(=O)OC(C)(C)C)C[C@@H]1F)[C@@H](c1nc(-c2cc(F)ccc2F)cn1Cc1ccccc1)C(C)(C)CCN. The van der Waals surface area contributed by atoms with Gasteiger partial charge in [0.15, 0.2) is 6.10 Å². The smallest absolute Gasteiger partial charge is 0.410 e. The van der Waals surface area contributed by atoms with Gasteiger partial charge in [0.05, 0.1) is 18.3 Å². The Kier molecular flexibility index (Phi) is 12.0. The average molecular weight is 700 g/mol. The first-order chi connectivity index (χ1) is 23.4. The zero-order valence-corrected chi connectivity index (χ0v) is 29.8. The number of hydrogen-bond donors (Lipinski definition) is 1. The van der Waals surface area contributed by atoms with Gasteiger partial charge in [-0.15, -0.1) is 0 Å². The monoisotopic (exact) mass is 699 g/mol. The fourth-order valence-corrected chi connectivity index (χ4v) is 6.39. The van der Waals surface area contributed by atoms with Gasteiger partial charge in [-0.2, -0.15) is 0 Å². The van der Waals surface area contributed by atoms with E-state index in [9.17, 15) is 18.8 Å². The molecule has 2 amide bonds. The van der Waals surface area contributed by atoms with Crippen LogP contribution in [0.4, 0.5) is 18.0 Å². The summed E-state index contributed by atoms with van der Waals surface area (Å²) < 4.78 is 58.1. The molecule has 1 aliphatic heterocycles. The minimum atomic E-state index is -1.51. The topological polar surface area (TPSA) is 120 Å². The van der Waals surface area contributed by atoms with Crippen LogP contribution in [0.5, 0.6) is 0 Å². The first-order valence-electron chi connectivity index (χ1n) is 16.8. The number of carbonyl (C=O) groups excluding carboxylic acids is 3. The van der Waals surface area contributed by atoms with Crippen molar-refractivity contribution < 1.29 is 37.0 Å². The Hall–Kier alpha value is -4.39. The molecule has 3 aromatic rings. The predicted octanol–water partition coefficient (Wildman–Crippen LogP) is 6.28. The number of nitrogens with zero attached hydrogens (tertiary/aromatic N) is 4. The number of hydrogen-bond acceptors (Lipinski definition) is 7. The molecule has 13 heteroatoms. The number of carbonyl (C=O) groups is 3. The minimum Gasteiger partial charge on any atom is -0.453 e. The van der Waals surface area contributed by atoms with E-state index in [1.807, 2.05) is 44.2 Å². The van der Waals surface area contributed by atoms with Crippen LogP contribution in [0.2, 0.25) is 0 Å². The molecule has 50 heavy (non-hydrogen) atoms. The number of rotatable bonds is 12. The highest BCUT2D eigenvalue weighted by Crippen LogP contribution is 2.43. The molecule has 0 unspecified atom stereocenters. The van der Waals surface area contributed by atoms with Crippen molar-refractivity contribution >= 4 is 18.0 Å². The molecule has 0 spiro atoms. The quantitative estimate of drug-likeness (QED) is 0.221. The maximum absolute atomic E-state index is 15.9. The number of aromatic nitrogens is 2. The molecule has 1 aromatic heterocycles. The van der Waals surface area contributed by atoms with Crippen molar-refractivity contribution in [1.82, 2.24) is 19.4 Å². The molecular weight excluding hydrogens is 651 g/mol. The second-order valence-corrected chi connectivity index (χ2v) is 14.6. The number of benzene rings is 2. The van der Waals surface area contributed by atoms with Crippen LogP contribution in [0.25, 0.3) is 11.3 Å². The Morgan fingerprint density at radius 1 is 1.06 bits per heavy atom. The van der Waals surface area contributed by atoms with Crippen molar-refractivity contribution in [3.63, 3.8) is 0 Å². The maximum Gasteiger partial charge on any atom is 0.410 e. The molecule has 0 radical (unpaired) electrons. The lowest BCUT2D eigenvalue weighted by atomic mass is 9.79. The highest BCUT2D eigenvalue weighted by molar-refractivity contribution is 5.83. The molecule has 10 nitrogen and oxygen atoms in total. The predicted molar refractivity (Wildman–Crippen MR) is 182 cm³/mol. The number of imidazole rings is 1. The fraction of sp³-hybridized carbons (Fsp3) is 0.514. The number of alkyl halides is 1. The van der Waals surface area contributed by atoms with Crippen LogP contribution in [0.3, 0.4) is 0 Å². The standard InChI is InChI=1S/C37H48F3N5O5/c1-23(49-24(2)46)34(47)45(20-26-19-44(21-30(26)40)35(48)50-36(3,4)5)32(37(6,7)15-16-41)33-42-31(28-17-27(38)13-14-29(28)39)22-43(33)18-25-11-9-8-10-12-25/h8-14,17,22-23,26,30,32H,15-16,18-21,41H2,1-7H3/t23-,26-,30-,32-/m0/s1. The van der Waals surface area contributed by atoms with E-state index in [-0.39, 0.29) is 44.0 Å². The summed E-state index contributed by atoms with van der Waals surface area (Å²) in [6.07, 6.45) is -1.47. The summed E-state index contributed by atoms with van der Waals surface area (Å²) in [6.45, 7) is 11.6. The van der Waals surface area contributed by atoms with Crippen LogP contribution < -0.4 is 5.73 Å². The van der Waals surface area contributed by atoms with E-state index in [4.69, 9.17) is 20.2 Å². The largest absolute Gasteiger partial charge is 0.453 e. The van der Waals surface area contributed by atoms with E-state index in [0.717, 1.165) is 23.8 Å². The Morgan fingerprint density at radius 3 is 2.36 bits per heavy atom. The van der Waals surface area contributed by atoms with Gasteiger partial charge in [0.1, 0.15) is 29.2 Å². The van der Waals surface area contributed by atoms with Crippen molar-refractivity contribution in [2.45, 2.75) is 85.4 Å². The lowest BCUT2D eigenvalue weighted by Gasteiger charge is -2.43. The van der Waals surface area contributed by atoms with Crippen molar-refractivity contribution in [3.8, 4) is 11.3 Å². The van der Waals surface area contributed by atoms with Crippen LogP contribution in [0.15, 0.2) is 54.7 Å². The second-order valence-electron chi connectivity index (χ2n) is 14.6. The van der Waals surface area contributed by atoms with Gasteiger partial charge in [-0.05, 0) is 69.8 Å². The summed E-state index contributed by atoms with van der Waals surface area (Å²) in [7, 11) is 0. The Labute approximate surface area is 291 Å². The van der Waals surface area contributed by atoms with Gasteiger partial charge in [0, 0.05) is 44.2 Å². The Balaban J connectivity index is 1.89. The zero-order chi connectivity index (χ0) is 37.0. The Morgan fingerprint density at radius 2 is 1.74 bits per heavy atom. The molecule has 1 saturated heterocycles. The van der Waals surface area contributed by atoms with Crippen LogP contribution in [0, 0.1) is 23.0 Å². The third-order valence-electron chi connectivity index (χ3n) is 8.71. The number of esters is 1. The van der Waals surface area contributed by atoms with Crippen molar-refractivity contribution in [2.75, 3.05) is 26.2 Å². The molecule has 4 atom stereocenters. The molecular formula is C37H48F3N5O5. The summed E-state index contributed by atoms with van der Waals surface area (Å²) in [5.74, 6) is -3.18. The van der Waals surface area contributed by atoms with E-state index >= 15 is 8.78 Å². The maximum atomic E-state index is 15.9. The molecule has 2 N–H and O–H groups in total. The average Bonchev–Trinajstić information content (AvgIpc) is 3.59. The molecule has 272 valence electrons. The molecule has 4 rings (SSSR count). The van der Waals surface area contributed by atoms with E-state index in [2.05, 4.69) is 0 Å². The molecule has 2 aromatic carbocycles. The summed E-state index contributed by atoms with van der Waals surface area (Å²) in [4.78, 5) is 46.9. The summed E-state index contributed by atoms with van der Waals surface area (Å²) in [5, 5.41) is 0. The summed E-state index contributed by atoms with van der Waals surface area (Å²) >= 11 is 0. The van der Waals surface area contributed by atoms with Crippen molar-refractivity contribution in [1.29, 1.82) is 0 Å². The number of nitrogens with two attached hydrogens (primary N) is 1. The van der Waals surface area contributed by atoms with Gasteiger partial charge < -0.3 is 29.6 Å². The van der Waals surface area contributed by atoms with Gasteiger partial charge in [0.2, 0.25) is 0 Å². The number of amides is 2. The van der Waals surface area contributed by atoms with Gasteiger partial charge >= 0.3 is 12.1 Å². The van der Waals surface area contributed by atoms with E-state index in [1.54, 1.807) is 31.5 Å². The summed E-state index contributed by atoms with van der Waals surface area (Å²) in [5.41, 5.74) is 5.39. The van der Waals surface area contributed by atoms with Gasteiger partial charge in [-0.3, -0.25) is 9.59 Å². The molecule has 0 bridgehead atoms. The van der Waals surface area contributed by atoms with Crippen LogP contribution in [-0.2, 0) is 25.6 Å². The van der Waals surface area contributed by atoms with Gasteiger partial charge in [0.25, 0.3) is 5.91 Å². The molecule has 2 heterocycles. The normalized spacial score (nSPS) is 17.7. The highest BCUT2D eigenvalue weighted by Gasteiger charge is 2.46. The second kappa shape index (κ2) is 15.7. The molecule has 0 saturated carbocycles. The van der Waals surface area contributed by atoms with Gasteiger partial charge in [-0.1, -0.05) is 44.2 Å². The third kappa shape index (κ3) is 9.43. The third-order valence-corrected chi connectivity index (χ3v) is 8.71. The zero-order valence-electron chi connectivity index (χ0n) is 29.8. The number of halogens is 3. The highest BCUT2D eigenvalue weighted by atomic mass is 19.1. The van der Waals surface area contributed by atoms with Crippen molar-refractivity contribution in [2.24, 2.45) is 17.1 Å². The molecule has 1 aliphatic rings. The van der Waals surface area contributed by atoms with Crippen LogP contribution in [0.1, 0.15) is 72.3 Å². The van der Waals surface area contributed by atoms with Crippen LogP contribution in [-0.4, -0.2) is 81.4 Å². The fourth-order valence-electron chi connectivity index (χ4n) is 6.39. The van der Waals surface area contributed by atoms with Crippen molar-refractivity contribution in [3.05, 3.63) is 77.8 Å². The number of likely N-dealkylation sites (tertiary alicyclic amines) is 1. The molecule has 0 aliphatic carbocycles. The van der Waals surface area contributed by atoms with Crippen LogP contribution >= 0.6 is 0 Å². The number of ether oxygens (including phenoxy) is 2. The first kappa shape index (κ1) is 38.4. The first-order valence-corrected chi connectivity index (χ1v) is 16.8. The lowest BCUT2D eigenvalue weighted by Crippen LogP contribution is -2.50. The molecule has 1 fully saturated rings. The van der Waals surface area contributed by atoms with E-state index in [0.29, 0.717) is 12.2 Å². The van der Waals surface area contributed by atoms with E-state index in [1.165, 1.54) is 23.6 Å². The summed E-state index contributed by atoms with van der Waals surface area (Å²) in [6, 6.07) is 11.5. The van der Waals surface area contributed by atoms with E-state index < -0.39 is 64.9 Å². The Bertz CT molecular complexity index is 1660. The lowest BCUT2D eigenvalue weighted by molar-refractivity contribution is -0.161. The minimum absolute atomic E-state index is 0.0376. The van der Waals surface area contributed by atoms with Gasteiger partial charge in [-0.25, -0.2) is 22.9 Å².